The van der Waals surface area contributed by atoms with Crippen LogP contribution in [0, 0.1) is 5.82 Å². The van der Waals surface area contributed by atoms with E-state index in [1.54, 1.807) is 6.07 Å². The predicted octanol–water partition coefficient (Wildman–Crippen LogP) is 4.13. The molecule has 20 heavy (non-hydrogen) atoms. The first kappa shape index (κ1) is 16.2. The van der Waals surface area contributed by atoms with Crippen LogP contribution in [0.3, 0.4) is 0 Å². The first-order chi connectivity index (χ1) is 9.01. The number of fused-ring (bicyclic) bond motifs is 1. The molecule has 2 aliphatic heterocycles. The Labute approximate surface area is 134 Å². The van der Waals surface area contributed by atoms with Gasteiger partial charge in [0.15, 0.2) is 5.56 Å². The lowest BCUT2D eigenvalue weighted by Gasteiger charge is -2.35. The number of hydrogen-bond donors (Lipinski definition) is 1. The molecule has 3 rings (SSSR count). The zero-order chi connectivity index (χ0) is 13.6. The Kier molecular flexibility index (Phi) is 4.75. The maximum atomic E-state index is 13.9. The van der Waals surface area contributed by atoms with Gasteiger partial charge in [0, 0.05) is 23.1 Å². The Bertz CT molecular complexity index is 505. The van der Waals surface area contributed by atoms with Gasteiger partial charge in [0.25, 0.3) is 0 Å². The summed E-state index contributed by atoms with van der Waals surface area (Å²) in [4.78, 5) is 0. The summed E-state index contributed by atoms with van der Waals surface area (Å²) < 4.78 is 19.5. The molecule has 3 atom stereocenters. The SMILES string of the molecule is CC1(c2cc(F)cc3c2OC(Cl)C3Cl)CCCNC1.Cl. The van der Waals surface area contributed by atoms with Crippen molar-refractivity contribution in [2.75, 3.05) is 13.1 Å². The van der Waals surface area contributed by atoms with Crippen LogP contribution in [0.2, 0.25) is 0 Å². The number of nitrogens with one attached hydrogen (secondary N) is 1. The molecule has 1 fully saturated rings. The summed E-state index contributed by atoms with van der Waals surface area (Å²) in [6, 6.07) is 2.99. The van der Waals surface area contributed by atoms with Gasteiger partial charge in [-0.2, -0.15) is 0 Å². The maximum Gasteiger partial charge on any atom is 0.192 e. The molecule has 0 spiro atoms. The molecule has 2 aliphatic rings. The minimum absolute atomic E-state index is 0. The van der Waals surface area contributed by atoms with Crippen LogP contribution in [0.5, 0.6) is 5.75 Å². The third kappa shape index (κ3) is 2.61. The minimum atomic E-state index is -0.627. The van der Waals surface area contributed by atoms with E-state index in [1.807, 2.05) is 0 Å². The lowest BCUT2D eigenvalue weighted by molar-refractivity contribution is 0.286. The summed E-state index contributed by atoms with van der Waals surface area (Å²) in [7, 11) is 0. The van der Waals surface area contributed by atoms with Crippen LogP contribution in [-0.2, 0) is 5.41 Å². The summed E-state index contributed by atoms with van der Waals surface area (Å²) >= 11 is 12.2. The molecule has 0 radical (unpaired) electrons. The molecule has 0 aromatic heterocycles. The van der Waals surface area contributed by atoms with Gasteiger partial charge in [-0.3, -0.25) is 0 Å². The van der Waals surface area contributed by atoms with Gasteiger partial charge in [0.1, 0.15) is 16.9 Å². The molecule has 0 bridgehead atoms. The third-order valence-electron chi connectivity index (χ3n) is 4.09. The number of alkyl halides is 2. The average Bonchev–Trinajstić information content (AvgIpc) is 2.66. The highest BCUT2D eigenvalue weighted by atomic mass is 35.5. The van der Waals surface area contributed by atoms with Crippen LogP contribution >= 0.6 is 35.6 Å². The number of rotatable bonds is 1. The Hall–Kier alpha value is -0.220. The average molecular weight is 341 g/mol. The van der Waals surface area contributed by atoms with E-state index in [4.69, 9.17) is 27.9 Å². The van der Waals surface area contributed by atoms with Gasteiger partial charge in [-0.25, -0.2) is 4.39 Å². The maximum absolute atomic E-state index is 13.9. The van der Waals surface area contributed by atoms with Crippen LogP contribution < -0.4 is 10.1 Å². The third-order valence-corrected chi connectivity index (χ3v) is 5.02. The summed E-state index contributed by atoms with van der Waals surface area (Å²) in [5, 5.41) is 2.87. The van der Waals surface area contributed by atoms with E-state index in [-0.39, 0.29) is 23.6 Å². The largest absolute Gasteiger partial charge is 0.472 e. The Balaban J connectivity index is 0.00000147. The van der Waals surface area contributed by atoms with Gasteiger partial charge >= 0.3 is 0 Å². The molecule has 1 saturated heterocycles. The molecule has 1 aromatic rings. The van der Waals surface area contributed by atoms with E-state index in [0.717, 1.165) is 31.5 Å². The van der Waals surface area contributed by atoms with E-state index in [0.29, 0.717) is 11.3 Å². The normalized spacial score (nSPS) is 32.2. The fourth-order valence-corrected chi connectivity index (χ4v) is 3.44. The standard InChI is InChI=1S/C14H16Cl2FNO.ClH/c1-14(3-2-4-18-7-14)10-6-8(17)5-9-11(15)13(16)19-12(9)10;/h5-6,11,13,18H,2-4,7H2,1H3;1H. The van der Waals surface area contributed by atoms with Gasteiger partial charge in [0.05, 0.1) is 0 Å². The zero-order valence-electron chi connectivity index (χ0n) is 11.1. The Morgan fingerprint density at radius 1 is 1.40 bits per heavy atom. The molecule has 0 aliphatic carbocycles. The molecular weight excluding hydrogens is 324 g/mol. The van der Waals surface area contributed by atoms with Crippen molar-refractivity contribution >= 4 is 35.6 Å². The van der Waals surface area contributed by atoms with E-state index in [2.05, 4.69) is 12.2 Å². The van der Waals surface area contributed by atoms with Crippen LogP contribution in [0.4, 0.5) is 4.39 Å². The summed E-state index contributed by atoms with van der Waals surface area (Å²) in [5.74, 6) is 0.396. The summed E-state index contributed by atoms with van der Waals surface area (Å²) in [6.45, 7) is 3.94. The highest BCUT2D eigenvalue weighted by Crippen LogP contribution is 2.49. The van der Waals surface area contributed by atoms with Gasteiger partial charge < -0.3 is 10.1 Å². The lowest BCUT2D eigenvalue weighted by Crippen LogP contribution is -2.41. The van der Waals surface area contributed by atoms with Crippen molar-refractivity contribution in [3.05, 3.63) is 29.1 Å². The Morgan fingerprint density at radius 3 is 2.80 bits per heavy atom. The van der Waals surface area contributed by atoms with Gasteiger partial charge in [-0.05, 0) is 31.5 Å². The van der Waals surface area contributed by atoms with Crippen molar-refractivity contribution < 1.29 is 9.13 Å². The van der Waals surface area contributed by atoms with Crippen LogP contribution in [0.15, 0.2) is 12.1 Å². The molecule has 3 unspecified atom stereocenters. The van der Waals surface area contributed by atoms with Crippen LogP contribution in [0.1, 0.15) is 36.3 Å². The summed E-state index contributed by atoms with van der Waals surface area (Å²) in [6.07, 6.45) is 2.07. The number of piperidine rings is 1. The smallest absolute Gasteiger partial charge is 0.192 e. The van der Waals surface area contributed by atoms with Gasteiger partial charge in [-0.15, -0.1) is 24.0 Å². The van der Waals surface area contributed by atoms with Gasteiger partial charge in [0.2, 0.25) is 0 Å². The fourth-order valence-electron chi connectivity index (χ4n) is 3.00. The molecule has 1 aromatic carbocycles. The van der Waals surface area contributed by atoms with Crippen molar-refractivity contribution in [2.45, 2.75) is 36.1 Å². The highest BCUT2D eigenvalue weighted by Gasteiger charge is 2.39. The van der Waals surface area contributed by atoms with Crippen LogP contribution in [-0.4, -0.2) is 18.7 Å². The van der Waals surface area contributed by atoms with Crippen molar-refractivity contribution in [1.82, 2.24) is 5.32 Å². The van der Waals surface area contributed by atoms with Crippen LogP contribution in [0.25, 0.3) is 0 Å². The molecule has 1 N–H and O–H groups in total. The molecule has 2 nitrogen and oxygen atoms in total. The van der Waals surface area contributed by atoms with Crippen molar-refractivity contribution in [2.24, 2.45) is 0 Å². The van der Waals surface area contributed by atoms with Crippen molar-refractivity contribution in [3.8, 4) is 5.75 Å². The summed E-state index contributed by atoms with van der Waals surface area (Å²) in [5.41, 5.74) is 0.784. The first-order valence-electron chi connectivity index (χ1n) is 6.51. The minimum Gasteiger partial charge on any atom is -0.472 e. The van der Waals surface area contributed by atoms with Gasteiger partial charge in [-0.1, -0.05) is 18.5 Å². The Morgan fingerprint density at radius 2 is 2.15 bits per heavy atom. The topological polar surface area (TPSA) is 21.3 Å². The number of halogens is 4. The molecule has 112 valence electrons. The number of benzene rings is 1. The second-order valence-electron chi connectivity index (χ2n) is 5.58. The van der Waals surface area contributed by atoms with E-state index >= 15 is 0 Å². The van der Waals surface area contributed by atoms with E-state index in [1.165, 1.54) is 6.07 Å². The van der Waals surface area contributed by atoms with E-state index in [9.17, 15) is 4.39 Å². The second-order valence-corrected chi connectivity index (χ2v) is 6.48. The monoisotopic (exact) mass is 339 g/mol. The number of hydrogen-bond acceptors (Lipinski definition) is 2. The predicted molar refractivity (Wildman–Crippen MR) is 82.0 cm³/mol. The lowest BCUT2D eigenvalue weighted by atomic mass is 9.75. The number of ether oxygens (including phenoxy) is 1. The molecule has 0 saturated carbocycles. The quantitative estimate of drug-likeness (QED) is 0.776. The second kappa shape index (κ2) is 5.88. The van der Waals surface area contributed by atoms with Crippen molar-refractivity contribution in [1.29, 1.82) is 0 Å². The molecule has 2 heterocycles. The molecule has 6 heteroatoms. The van der Waals surface area contributed by atoms with E-state index < -0.39 is 10.9 Å². The fraction of sp³-hybridized carbons (Fsp3) is 0.571. The highest BCUT2D eigenvalue weighted by molar-refractivity contribution is 6.30. The van der Waals surface area contributed by atoms with Crippen molar-refractivity contribution in [3.63, 3.8) is 0 Å². The zero-order valence-corrected chi connectivity index (χ0v) is 13.4. The molecule has 0 amide bonds. The molecular formula is C14H17Cl3FNO. The first-order valence-corrected chi connectivity index (χ1v) is 7.38.